The maximum Gasteiger partial charge on any atom is 0.275 e. The summed E-state index contributed by atoms with van der Waals surface area (Å²) < 4.78 is 7.03. The largest absolute Gasteiger partial charge is 0.456 e. The van der Waals surface area contributed by atoms with E-state index >= 15 is 0 Å². The summed E-state index contributed by atoms with van der Waals surface area (Å²) in [5.74, 6) is 0.329. The van der Waals surface area contributed by atoms with Crippen LogP contribution in [0, 0.1) is 0 Å². The van der Waals surface area contributed by atoms with E-state index in [-0.39, 0.29) is 5.56 Å². The van der Waals surface area contributed by atoms with Gasteiger partial charge in [0.2, 0.25) is 10.1 Å². The van der Waals surface area contributed by atoms with Crippen LogP contribution in [0.1, 0.15) is 10.4 Å². The lowest BCUT2D eigenvalue weighted by atomic mass is 10.2. The number of primary amides is 1. The molecule has 0 fully saturated rings. The normalized spacial score (nSPS) is 10.7. The number of nitrogens with two attached hydrogens (primary N) is 1. The Morgan fingerprint density at radius 3 is 2.81 bits per heavy atom. The van der Waals surface area contributed by atoms with Crippen molar-refractivity contribution in [1.29, 1.82) is 0 Å². The van der Waals surface area contributed by atoms with Crippen LogP contribution in [-0.2, 0) is 0 Å². The topological polar surface area (TPSA) is 112 Å². The van der Waals surface area contributed by atoms with Gasteiger partial charge in [0, 0.05) is 24.0 Å². The van der Waals surface area contributed by atoms with Gasteiger partial charge in [-0.25, -0.2) is 4.98 Å². The van der Waals surface area contributed by atoms with Crippen LogP contribution >= 0.6 is 11.3 Å². The molecule has 0 aliphatic heterocycles. The molecule has 8 nitrogen and oxygen atoms in total. The minimum absolute atomic E-state index is 0.246. The second-order valence-corrected chi connectivity index (χ2v) is 6.46. The van der Waals surface area contributed by atoms with Crippen molar-refractivity contribution in [3.8, 4) is 11.5 Å². The first-order valence-electron chi connectivity index (χ1n) is 7.89. The van der Waals surface area contributed by atoms with Gasteiger partial charge in [0.05, 0.1) is 5.56 Å². The summed E-state index contributed by atoms with van der Waals surface area (Å²) in [6.45, 7) is 0. The zero-order chi connectivity index (χ0) is 18.8. The fourth-order valence-electron chi connectivity index (χ4n) is 2.44. The highest BCUT2D eigenvalue weighted by Gasteiger charge is 2.10. The third-order valence-electron chi connectivity index (χ3n) is 3.64. The molecule has 1 amide bonds. The monoisotopic (exact) mass is 379 g/mol. The fourth-order valence-corrected chi connectivity index (χ4v) is 3.24. The summed E-state index contributed by atoms with van der Waals surface area (Å²) in [4.78, 5) is 27.9. The first kappa shape index (κ1) is 16.7. The molecule has 4 aromatic rings. The Balaban J connectivity index is 1.60. The van der Waals surface area contributed by atoms with Crippen molar-refractivity contribution >= 4 is 33.0 Å². The summed E-state index contributed by atoms with van der Waals surface area (Å²) >= 11 is 1.25. The SMILES string of the molecule is NC(=O)c1ccccc1Oc1cccc(Nc2nn3c(=O)ccnc3s2)c1. The first-order valence-corrected chi connectivity index (χ1v) is 8.70. The van der Waals surface area contributed by atoms with Crippen molar-refractivity contribution in [1.82, 2.24) is 14.6 Å². The van der Waals surface area contributed by atoms with Crippen molar-refractivity contribution in [2.24, 2.45) is 5.73 Å². The van der Waals surface area contributed by atoms with E-state index in [0.717, 1.165) is 0 Å². The summed E-state index contributed by atoms with van der Waals surface area (Å²) in [6, 6.07) is 15.2. The van der Waals surface area contributed by atoms with E-state index in [0.29, 0.717) is 32.8 Å². The van der Waals surface area contributed by atoms with Crippen molar-refractivity contribution < 1.29 is 9.53 Å². The van der Waals surface area contributed by atoms with E-state index in [4.69, 9.17) is 10.5 Å². The van der Waals surface area contributed by atoms with Gasteiger partial charge in [-0.3, -0.25) is 9.59 Å². The minimum Gasteiger partial charge on any atom is -0.456 e. The Hall–Kier alpha value is -3.72. The molecule has 9 heteroatoms. The molecule has 0 atom stereocenters. The number of ether oxygens (including phenoxy) is 1. The lowest BCUT2D eigenvalue weighted by Crippen LogP contribution is -2.12. The van der Waals surface area contributed by atoms with E-state index in [1.807, 2.05) is 6.07 Å². The van der Waals surface area contributed by atoms with Crippen LogP contribution in [-0.4, -0.2) is 20.5 Å². The van der Waals surface area contributed by atoms with Crippen LogP contribution in [0.15, 0.2) is 65.6 Å². The molecule has 0 aliphatic rings. The number of nitrogens with one attached hydrogen (secondary N) is 1. The first-order chi connectivity index (χ1) is 13.1. The van der Waals surface area contributed by atoms with Crippen molar-refractivity contribution in [3.05, 3.63) is 76.7 Å². The second kappa shape index (κ2) is 6.89. The maximum atomic E-state index is 11.8. The highest BCUT2D eigenvalue weighted by atomic mass is 32.1. The van der Waals surface area contributed by atoms with E-state index in [1.165, 1.54) is 28.1 Å². The molecule has 3 N–H and O–H groups in total. The van der Waals surface area contributed by atoms with Crippen LogP contribution < -0.4 is 21.3 Å². The van der Waals surface area contributed by atoms with Gasteiger partial charge < -0.3 is 15.8 Å². The number of carbonyl (C=O) groups excluding carboxylic acids is 1. The van der Waals surface area contributed by atoms with Gasteiger partial charge in [0.1, 0.15) is 11.5 Å². The lowest BCUT2D eigenvalue weighted by Gasteiger charge is -2.10. The van der Waals surface area contributed by atoms with Gasteiger partial charge in [-0.2, -0.15) is 4.52 Å². The van der Waals surface area contributed by atoms with Gasteiger partial charge in [0.25, 0.3) is 11.5 Å². The average Bonchev–Trinajstić information content (AvgIpc) is 3.06. The molecule has 0 saturated carbocycles. The highest BCUT2D eigenvalue weighted by Crippen LogP contribution is 2.29. The van der Waals surface area contributed by atoms with E-state index in [1.54, 1.807) is 42.5 Å². The van der Waals surface area contributed by atoms with Crippen LogP contribution in [0.5, 0.6) is 11.5 Å². The zero-order valence-electron chi connectivity index (χ0n) is 13.8. The molecule has 2 aromatic heterocycles. The van der Waals surface area contributed by atoms with Crippen molar-refractivity contribution in [2.45, 2.75) is 0 Å². The molecule has 2 heterocycles. The van der Waals surface area contributed by atoms with Gasteiger partial charge in [-0.15, -0.1) is 5.10 Å². The van der Waals surface area contributed by atoms with Crippen LogP contribution in [0.3, 0.4) is 0 Å². The van der Waals surface area contributed by atoms with E-state index in [9.17, 15) is 9.59 Å². The van der Waals surface area contributed by atoms with Crippen LogP contribution in [0.4, 0.5) is 10.8 Å². The smallest absolute Gasteiger partial charge is 0.275 e. The Labute approximate surface area is 156 Å². The predicted molar refractivity (Wildman–Crippen MR) is 102 cm³/mol. The number of hydrogen-bond donors (Lipinski definition) is 2. The summed E-state index contributed by atoms with van der Waals surface area (Å²) in [5, 5.41) is 7.84. The number of anilines is 2. The predicted octanol–water partition coefficient (Wildman–Crippen LogP) is 2.79. The second-order valence-electron chi connectivity index (χ2n) is 5.50. The highest BCUT2D eigenvalue weighted by molar-refractivity contribution is 7.20. The number of aromatic nitrogens is 3. The molecule has 0 saturated heterocycles. The van der Waals surface area contributed by atoms with Crippen molar-refractivity contribution in [2.75, 3.05) is 5.32 Å². The van der Waals surface area contributed by atoms with Gasteiger partial charge >= 0.3 is 0 Å². The molecule has 0 radical (unpaired) electrons. The van der Waals surface area contributed by atoms with Gasteiger partial charge in [-0.05, 0) is 24.3 Å². The van der Waals surface area contributed by atoms with Crippen LogP contribution in [0.25, 0.3) is 4.96 Å². The maximum absolute atomic E-state index is 11.8. The van der Waals surface area contributed by atoms with Gasteiger partial charge in [-0.1, -0.05) is 29.5 Å². The summed E-state index contributed by atoms with van der Waals surface area (Å²) in [5.41, 5.74) is 6.13. The van der Waals surface area contributed by atoms with Crippen LogP contribution in [0.2, 0.25) is 0 Å². The quantitative estimate of drug-likeness (QED) is 0.551. The molecule has 0 aliphatic carbocycles. The number of para-hydroxylation sites is 1. The summed E-state index contributed by atoms with van der Waals surface area (Å²) in [7, 11) is 0. The molecule has 27 heavy (non-hydrogen) atoms. The molecular weight excluding hydrogens is 366 g/mol. The van der Waals surface area contributed by atoms with Gasteiger partial charge in [0.15, 0.2) is 0 Å². The number of hydrogen-bond acceptors (Lipinski definition) is 7. The average molecular weight is 379 g/mol. The molecular formula is C18H13N5O3S. The molecule has 0 unspecified atom stereocenters. The number of amides is 1. The molecule has 0 spiro atoms. The summed E-state index contributed by atoms with van der Waals surface area (Å²) in [6.07, 6.45) is 1.45. The number of nitrogens with zero attached hydrogens (tertiary/aromatic N) is 3. The zero-order valence-corrected chi connectivity index (χ0v) is 14.6. The number of carbonyl (C=O) groups is 1. The van der Waals surface area contributed by atoms with E-state index < -0.39 is 5.91 Å². The minimum atomic E-state index is -0.563. The molecule has 134 valence electrons. The molecule has 2 aromatic carbocycles. The number of benzene rings is 2. The fraction of sp³-hybridized carbons (Fsp3) is 0. The van der Waals surface area contributed by atoms with Crippen molar-refractivity contribution in [3.63, 3.8) is 0 Å². The third kappa shape index (κ3) is 3.48. The Bertz CT molecular complexity index is 1200. The number of fused-ring (bicyclic) bond motifs is 1. The standard InChI is InChI=1S/C18H13N5O3S/c19-16(25)13-6-1-2-7-14(13)26-12-5-3-4-11(10-12)21-17-22-23-15(24)8-9-20-18(23)27-17/h1-10H,(H2,19,25)(H,21,22). The molecule has 0 bridgehead atoms. The molecule has 4 rings (SSSR count). The Morgan fingerprint density at radius 1 is 1.15 bits per heavy atom. The van der Waals surface area contributed by atoms with E-state index in [2.05, 4.69) is 15.4 Å². The Kier molecular flexibility index (Phi) is 4.27. The number of rotatable bonds is 5. The Morgan fingerprint density at radius 2 is 2.00 bits per heavy atom. The third-order valence-corrected chi connectivity index (χ3v) is 4.47. The lowest BCUT2D eigenvalue weighted by molar-refractivity contribution is 0.0998.